The molecule has 0 saturated heterocycles. The third-order valence-electron chi connectivity index (χ3n) is 2.22. The van der Waals surface area contributed by atoms with Crippen LogP contribution in [0, 0.1) is 0 Å². The maximum Gasteiger partial charge on any atom is 0.104 e. The van der Waals surface area contributed by atoms with Crippen molar-refractivity contribution in [3.8, 4) is 11.3 Å². The van der Waals surface area contributed by atoms with Gasteiger partial charge in [-0.1, -0.05) is 35.0 Å². The van der Waals surface area contributed by atoms with E-state index in [2.05, 4.69) is 10.3 Å². The quantitative estimate of drug-likeness (QED) is 0.840. The van der Waals surface area contributed by atoms with Gasteiger partial charge in [-0.15, -0.1) is 5.10 Å². The van der Waals surface area contributed by atoms with Gasteiger partial charge in [0.2, 0.25) is 0 Å². The molecule has 78 valence electrons. The highest BCUT2D eigenvalue weighted by Gasteiger charge is 2.13. The lowest BCUT2D eigenvalue weighted by atomic mass is 10.1. The fourth-order valence-corrected chi connectivity index (χ4v) is 1.75. The predicted octanol–water partition coefficient (Wildman–Crippen LogP) is 1.59. The highest BCUT2D eigenvalue weighted by molar-refractivity contribution is 6.33. The molecular weight excluding hydrogens is 212 g/mol. The normalized spacial score (nSPS) is 10.6. The number of aromatic nitrogens is 3. The number of aryl methyl sites for hydroxylation is 1. The van der Waals surface area contributed by atoms with E-state index in [1.807, 2.05) is 31.3 Å². The van der Waals surface area contributed by atoms with E-state index in [4.69, 9.17) is 17.3 Å². The van der Waals surface area contributed by atoms with Crippen molar-refractivity contribution in [3.05, 3.63) is 35.0 Å². The van der Waals surface area contributed by atoms with E-state index in [0.29, 0.717) is 11.6 Å². The Morgan fingerprint density at radius 1 is 1.40 bits per heavy atom. The lowest BCUT2D eigenvalue weighted by molar-refractivity contribution is 0.718. The van der Waals surface area contributed by atoms with E-state index in [-0.39, 0.29) is 0 Å². The van der Waals surface area contributed by atoms with Gasteiger partial charge >= 0.3 is 0 Å². The summed E-state index contributed by atoms with van der Waals surface area (Å²) in [4.78, 5) is 0. The number of halogens is 1. The van der Waals surface area contributed by atoms with E-state index in [1.165, 1.54) is 0 Å². The largest absolute Gasteiger partial charge is 0.325 e. The molecule has 0 aliphatic heterocycles. The fraction of sp³-hybridized carbons (Fsp3) is 0.200. The molecule has 1 aromatic heterocycles. The molecule has 2 aromatic rings. The van der Waals surface area contributed by atoms with Crippen molar-refractivity contribution in [1.29, 1.82) is 0 Å². The van der Waals surface area contributed by atoms with Crippen LogP contribution in [0.25, 0.3) is 11.3 Å². The van der Waals surface area contributed by atoms with Gasteiger partial charge in [-0.2, -0.15) is 0 Å². The van der Waals surface area contributed by atoms with Crippen LogP contribution in [0.2, 0.25) is 5.02 Å². The van der Waals surface area contributed by atoms with E-state index in [9.17, 15) is 0 Å². The van der Waals surface area contributed by atoms with Crippen molar-refractivity contribution in [2.24, 2.45) is 12.8 Å². The van der Waals surface area contributed by atoms with E-state index in [0.717, 1.165) is 17.0 Å². The van der Waals surface area contributed by atoms with Gasteiger partial charge in [0.05, 0.1) is 10.7 Å². The zero-order valence-corrected chi connectivity index (χ0v) is 9.07. The van der Waals surface area contributed by atoms with Crippen LogP contribution in [0.4, 0.5) is 0 Å². The summed E-state index contributed by atoms with van der Waals surface area (Å²) in [5.41, 5.74) is 8.13. The monoisotopic (exact) mass is 222 g/mol. The van der Waals surface area contributed by atoms with Crippen LogP contribution in [0.5, 0.6) is 0 Å². The average molecular weight is 223 g/mol. The minimum Gasteiger partial charge on any atom is -0.325 e. The molecule has 2 N–H and O–H groups in total. The topological polar surface area (TPSA) is 56.7 Å². The minimum atomic E-state index is 0.356. The first kappa shape index (κ1) is 10.1. The van der Waals surface area contributed by atoms with Gasteiger partial charge in [0, 0.05) is 19.2 Å². The Bertz CT molecular complexity index is 478. The number of hydrogen-bond donors (Lipinski definition) is 1. The van der Waals surface area contributed by atoms with Crippen LogP contribution >= 0.6 is 11.6 Å². The molecule has 0 spiro atoms. The number of nitrogens with two attached hydrogens (primary N) is 1. The molecule has 0 unspecified atom stereocenters. The van der Waals surface area contributed by atoms with Crippen molar-refractivity contribution in [1.82, 2.24) is 15.0 Å². The Kier molecular flexibility index (Phi) is 2.70. The SMILES string of the molecule is Cn1nnc(CN)c1-c1ccccc1Cl. The second kappa shape index (κ2) is 4.00. The molecule has 0 bridgehead atoms. The van der Waals surface area contributed by atoms with E-state index >= 15 is 0 Å². The lowest BCUT2D eigenvalue weighted by Crippen LogP contribution is -2.01. The van der Waals surface area contributed by atoms with Crippen LogP contribution < -0.4 is 5.73 Å². The molecule has 0 amide bonds. The first-order valence-electron chi connectivity index (χ1n) is 4.57. The van der Waals surface area contributed by atoms with Gasteiger partial charge in [-0.05, 0) is 6.07 Å². The van der Waals surface area contributed by atoms with Gasteiger partial charge in [0.15, 0.2) is 0 Å². The van der Waals surface area contributed by atoms with Crippen molar-refractivity contribution < 1.29 is 0 Å². The zero-order valence-electron chi connectivity index (χ0n) is 8.31. The molecule has 1 aromatic carbocycles. The molecule has 15 heavy (non-hydrogen) atoms. The maximum absolute atomic E-state index is 6.11. The summed E-state index contributed by atoms with van der Waals surface area (Å²) >= 11 is 6.11. The van der Waals surface area contributed by atoms with E-state index < -0.39 is 0 Å². The van der Waals surface area contributed by atoms with Gasteiger partial charge in [-0.25, -0.2) is 4.68 Å². The Morgan fingerprint density at radius 3 is 2.80 bits per heavy atom. The van der Waals surface area contributed by atoms with Gasteiger partial charge in [0.1, 0.15) is 5.69 Å². The van der Waals surface area contributed by atoms with Gasteiger partial charge < -0.3 is 5.73 Å². The molecule has 0 aliphatic carbocycles. The van der Waals surface area contributed by atoms with Crippen molar-refractivity contribution in [3.63, 3.8) is 0 Å². The second-order valence-corrected chi connectivity index (χ2v) is 3.60. The molecule has 2 rings (SSSR count). The minimum absolute atomic E-state index is 0.356. The van der Waals surface area contributed by atoms with Gasteiger partial charge in [-0.3, -0.25) is 0 Å². The summed E-state index contributed by atoms with van der Waals surface area (Å²) in [6.45, 7) is 0.356. The summed E-state index contributed by atoms with van der Waals surface area (Å²) in [7, 11) is 1.82. The third-order valence-corrected chi connectivity index (χ3v) is 2.55. The molecule has 0 atom stereocenters. The van der Waals surface area contributed by atoms with Crippen molar-refractivity contribution in [2.45, 2.75) is 6.54 Å². The predicted molar refractivity (Wildman–Crippen MR) is 59.3 cm³/mol. The number of benzene rings is 1. The number of nitrogens with zero attached hydrogens (tertiary/aromatic N) is 3. The van der Waals surface area contributed by atoms with E-state index in [1.54, 1.807) is 4.68 Å². The van der Waals surface area contributed by atoms with Crippen LogP contribution in [0.3, 0.4) is 0 Å². The smallest absolute Gasteiger partial charge is 0.104 e. The Morgan fingerprint density at radius 2 is 2.13 bits per heavy atom. The third kappa shape index (κ3) is 1.73. The molecule has 4 nitrogen and oxygen atoms in total. The lowest BCUT2D eigenvalue weighted by Gasteiger charge is -2.05. The Labute approximate surface area is 92.7 Å². The standard InChI is InChI=1S/C10H11ClN4/c1-15-10(9(6-12)13-14-15)7-4-2-3-5-8(7)11/h2-5H,6,12H2,1H3. The molecule has 1 heterocycles. The van der Waals surface area contributed by atoms with Crippen LogP contribution in [0.15, 0.2) is 24.3 Å². The summed E-state index contributed by atoms with van der Waals surface area (Å²) in [6.07, 6.45) is 0. The number of rotatable bonds is 2. The Hall–Kier alpha value is -1.39. The average Bonchev–Trinajstić information content (AvgIpc) is 2.60. The molecule has 0 aliphatic rings. The molecule has 5 heteroatoms. The highest BCUT2D eigenvalue weighted by atomic mass is 35.5. The molecular formula is C10H11ClN4. The first-order valence-corrected chi connectivity index (χ1v) is 4.95. The second-order valence-electron chi connectivity index (χ2n) is 3.19. The summed E-state index contributed by atoms with van der Waals surface area (Å²) in [5.74, 6) is 0. The molecule has 0 fully saturated rings. The van der Waals surface area contributed by atoms with Crippen LogP contribution in [0.1, 0.15) is 5.69 Å². The fourth-order valence-electron chi connectivity index (χ4n) is 1.52. The summed E-state index contributed by atoms with van der Waals surface area (Å²) < 4.78 is 1.68. The summed E-state index contributed by atoms with van der Waals surface area (Å²) in [5, 5.41) is 8.59. The van der Waals surface area contributed by atoms with Gasteiger partial charge in [0.25, 0.3) is 0 Å². The molecule has 0 radical (unpaired) electrons. The maximum atomic E-state index is 6.11. The van der Waals surface area contributed by atoms with Crippen molar-refractivity contribution in [2.75, 3.05) is 0 Å². The zero-order chi connectivity index (χ0) is 10.8. The first-order chi connectivity index (χ1) is 7.24. The highest BCUT2D eigenvalue weighted by Crippen LogP contribution is 2.28. The van der Waals surface area contributed by atoms with Crippen LogP contribution in [-0.4, -0.2) is 15.0 Å². The Balaban J connectivity index is 2.63. The van der Waals surface area contributed by atoms with Crippen molar-refractivity contribution >= 4 is 11.6 Å². The van der Waals surface area contributed by atoms with Crippen LogP contribution in [-0.2, 0) is 13.6 Å². The number of hydrogen-bond acceptors (Lipinski definition) is 3. The summed E-state index contributed by atoms with van der Waals surface area (Å²) in [6, 6.07) is 7.58. The molecule has 0 saturated carbocycles.